The zero-order valence-electron chi connectivity index (χ0n) is 20.1. The van der Waals surface area contributed by atoms with E-state index in [-0.39, 0.29) is 24.3 Å². The van der Waals surface area contributed by atoms with E-state index in [1.165, 1.54) is 0 Å². The number of carbonyl (C=O) groups excluding carboxylic acids is 2. The summed E-state index contributed by atoms with van der Waals surface area (Å²) in [5, 5.41) is 10.2. The normalized spacial score (nSPS) is 13.8. The van der Waals surface area contributed by atoms with Gasteiger partial charge in [-0.1, -0.05) is 51.7 Å². The van der Waals surface area contributed by atoms with Crippen LogP contribution in [0.25, 0.3) is 0 Å². The number of aliphatic hydroxyl groups is 1. The Morgan fingerprint density at radius 1 is 1.13 bits per heavy atom. The molecule has 1 atom stereocenters. The molecule has 1 heterocycles. The SMILES string of the molecule is C=C.C=C/C=C(\C=C/C)CCC(NCC(=O)N1CCCC1)C(=O)CCC.CC.CO. The van der Waals surface area contributed by atoms with Crippen LogP contribution in [0.2, 0.25) is 0 Å². The second-order valence-corrected chi connectivity index (χ2v) is 6.25. The first-order valence-corrected chi connectivity index (χ1v) is 11.0. The average Bonchev–Trinajstić information content (AvgIpc) is 3.33. The lowest BCUT2D eigenvalue weighted by Crippen LogP contribution is -2.44. The van der Waals surface area contributed by atoms with Gasteiger partial charge in [0.25, 0.3) is 0 Å². The number of carbonyl (C=O) groups is 2. The maximum Gasteiger partial charge on any atom is 0.236 e. The van der Waals surface area contributed by atoms with Crippen molar-refractivity contribution in [1.82, 2.24) is 10.2 Å². The number of amides is 1. The Balaban J connectivity index is -0.00000111. The van der Waals surface area contributed by atoms with Gasteiger partial charge >= 0.3 is 0 Å². The van der Waals surface area contributed by atoms with Crippen molar-refractivity contribution in [2.45, 2.75) is 72.3 Å². The van der Waals surface area contributed by atoms with E-state index in [1.54, 1.807) is 6.08 Å². The fourth-order valence-corrected chi connectivity index (χ4v) is 2.99. The molecule has 0 aromatic heterocycles. The fraction of sp³-hybridized carbons (Fsp3) is 0.600. The Labute approximate surface area is 185 Å². The smallest absolute Gasteiger partial charge is 0.236 e. The van der Waals surface area contributed by atoms with Crippen LogP contribution in [0.3, 0.4) is 0 Å². The van der Waals surface area contributed by atoms with Crippen LogP contribution in [-0.4, -0.2) is 54.5 Å². The number of nitrogens with zero attached hydrogens (tertiary/aromatic N) is 1. The summed E-state index contributed by atoms with van der Waals surface area (Å²) in [5.74, 6) is 0.308. The number of allylic oxidation sites excluding steroid dienone is 5. The minimum atomic E-state index is -0.255. The van der Waals surface area contributed by atoms with Crippen molar-refractivity contribution < 1.29 is 14.7 Å². The summed E-state index contributed by atoms with van der Waals surface area (Å²) in [6, 6.07) is -0.255. The molecule has 0 aliphatic carbocycles. The fourth-order valence-electron chi connectivity index (χ4n) is 2.99. The van der Waals surface area contributed by atoms with Gasteiger partial charge in [-0.05, 0) is 44.6 Å². The van der Waals surface area contributed by atoms with Crippen molar-refractivity contribution in [3.05, 3.63) is 49.6 Å². The zero-order valence-corrected chi connectivity index (χ0v) is 20.1. The maximum absolute atomic E-state index is 12.4. The van der Waals surface area contributed by atoms with Crippen molar-refractivity contribution in [2.75, 3.05) is 26.7 Å². The van der Waals surface area contributed by atoms with Gasteiger partial charge in [-0.3, -0.25) is 14.9 Å². The van der Waals surface area contributed by atoms with E-state index in [4.69, 9.17) is 5.11 Å². The first kappa shape index (κ1) is 32.7. The Bertz CT molecular complexity index is 493. The van der Waals surface area contributed by atoms with E-state index in [9.17, 15) is 9.59 Å². The van der Waals surface area contributed by atoms with Crippen molar-refractivity contribution in [1.29, 1.82) is 0 Å². The van der Waals surface area contributed by atoms with Gasteiger partial charge in [0.1, 0.15) is 5.78 Å². The van der Waals surface area contributed by atoms with Crippen LogP contribution >= 0.6 is 0 Å². The van der Waals surface area contributed by atoms with Gasteiger partial charge < -0.3 is 10.0 Å². The molecule has 5 nitrogen and oxygen atoms in total. The van der Waals surface area contributed by atoms with Crippen molar-refractivity contribution >= 4 is 11.7 Å². The number of aliphatic hydroxyl groups excluding tert-OH is 1. The van der Waals surface area contributed by atoms with Crippen LogP contribution in [-0.2, 0) is 9.59 Å². The Hall–Kier alpha value is -1.98. The van der Waals surface area contributed by atoms with Crippen LogP contribution in [0.15, 0.2) is 49.6 Å². The summed E-state index contributed by atoms with van der Waals surface area (Å²) in [6.07, 6.45) is 12.8. The molecule has 1 unspecified atom stereocenters. The zero-order chi connectivity index (χ0) is 23.8. The van der Waals surface area contributed by atoms with Gasteiger partial charge in [0.15, 0.2) is 0 Å². The van der Waals surface area contributed by atoms with E-state index >= 15 is 0 Å². The van der Waals surface area contributed by atoms with E-state index in [1.807, 2.05) is 50.8 Å². The molecule has 30 heavy (non-hydrogen) atoms. The summed E-state index contributed by atoms with van der Waals surface area (Å²) >= 11 is 0. The summed E-state index contributed by atoms with van der Waals surface area (Å²) in [4.78, 5) is 26.4. The van der Waals surface area contributed by atoms with Gasteiger partial charge in [-0.15, -0.1) is 13.2 Å². The number of Topliss-reactive ketones (excluding diaryl/α,β-unsaturated/α-hetero) is 1. The summed E-state index contributed by atoms with van der Waals surface area (Å²) in [6.45, 7) is 19.7. The molecule has 1 aliphatic heterocycles. The number of rotatable bonds is 11. The van der Waals surface area contributed by atoms with E-state index in [0.717, 1.165) is 51.5 Å². The number of hydrogen-bond donors (Lipinski definition) is 2. The molecule has 2 N–H and O–H groups in total. The molecule has 174 valence electrons. The first-order chi connectivity index (χ1) is 14.6. The lowest BCUT2D eigenvalue weighted by Gasteiger charge is -2.20. The number of nitrogens with one attached hydrogen (secondary N) is 1. The standard InChI is InChI=1S/C20H32N2O2.C2H6.C2H4.CH4O/c1-4-9-17(10-5-2)12-13-18(19(23)11-6-3)21-16-20(24)22-14-7-8-15-22;3*1-2/h4-5,9-10,18,21H,1,6-8,11-16H2,2-3H3;1-2H3;1-2H2;2H,1H3/b10-5-,17-9+;;;. The highest BCUT2D eigenvalue weighted by Gasteiger charge is 2.21. The molecule has 1 rings (SSSR count). The summed E-state index contributed by atoms with van der Waals surface area (Å²) in [5.41, 5.74) is 1.15. The molecule has 0 aromatic carbocycles. The molecule has 1 aliphatic rings. The Kier molecular flexibility index (Phi) is 27.3. The predicted molar refractivity (Wildman–Crippen MR) is 131 cm³/mol. The highest BCUT2D eigenvalue weighted by atomic mass is 16.2. The van der Waals surface area contributed by atoms with Gasteiger partial charge in [0.2, 0.25) is 5.91 Å². The highest BCUT2D eigenvalue weighted by molar-refractivity contribution is 5.85. The maximum atomic E-state index is 12.4. The van der Waals surface area contributed by atoms with E-state index in [2.05, 4.69) is 25.1 Å². The van der Waals surface area contributed by atoms with Crippen LogP contribution in [0.1, 0.15) is 66.2 Å². The van der Waals surface area contributed by atoms with Crippen molar-refractivity contribution in [2.24, 2.45) is 0 Å². The van der Waals surface area contributed by atoms with Crippen LogP contribution in [0.4, 0.5) is 0 Å². The molecule has 5 heteroatoms. The molecule has 0 spiro atoms. The van der Waals surface area contributed by atoms with E-state index < -0.39 is 0 Å². The largest absolute Gasteiger partial charge is 0.400 e. The van der Waals surface area contributed by atoms with Crippen LogP contribution in [0.5, 0.6) is 0 Å². The second kappa shape index (κ2) is 25.1. The summed E-state index contributed by atoms with van der Waals surface area (Å²) < 4.78 is 0. The van der Waals surface area contributed by atoms with Crippen molar-refractivity contribution in [3.8, 4) is 0 Å². The molecular weight excluding hydrogens is 376 g/mol. The van der Waals surface area contributed by atoms with Gasteiger partial charge in [0.05, 0.1) is 12.6 Å². The lowest BCUT2D eigenvalue weighted by molar-refractivity contribution is -0.129. The topological polar surface area (TPSA) is 69.6 Å². The lowest BCUT2D eigenvalue weighted by atomic mass is 9.99. The quantitative estimate of drug-likeness (QED) is 0.369. The molecule has 1 fully saturated rings. The minimum absolute atomic E-state index is 0.108. The molecule has 0 bridgehead atoms. The average molecular weight is 423 g/mol. The third-order valence-corrected chi connectivity index (χ3v) is 4.28. The van der Waals surface area contributed by atoms with Crippen LogP contribution < -0.4 is 5.32 Å². The van der Waals surface area contributed by atoms with Gasteiger partial charge in [-0.2, -0.15) is 0 Å². The molecule has 1 saturated heterocycles. The monoisotopic (exact) mass is 422 g/mol. The number of hydrogen-bond acceptors (Lipinski definition) is 4. The number of likely N-dealkylation sites (tertiary alicyclic amines) is 1. The van der Waals surface area contributed by atoms with Gasteiger partial charge in [-0.25, -0.2) is 0 Å². The molecule has 0 saturated carbocycles. The van der Waals surface area contributed by atoms with Gasteiger partial charge in [0, 0.05) is 26.6 Å². The van der Waals surface area contributed by atoms with E-state index in [0.29, 0.717) is 12.8 Å². The minimum Gasteiger partial charge on any atom is -0.400 e. The predicted octanol–water partition coefficient (Wildman–Crippen LogP) is 4.84. The Morgan fingerprint density at radius 3 is 2.17 bits per heavy atom. The molecule has 0 radical (unpaired) electrons. The third kappa shape index (κ3) is 15.9. The third-order valence-electron chi connectivity index (χ3n) is 4.28. The van der Waals surface area contributed by atoms with Crippen molar-refractivity contribution in [3.63, 3.8) is 0 Å². The molecular formula is C25H46N2O3. The summed E-state index contributed by atoms with van der Waals surface area (Å²) in [7, 11) is 1.00. The highest BCUT2D eigenvalue weighted by Crippen LogP contribution is 2.13. The molecule has 1 amide bonds. The first-order valence-electron chi connectivity index (χ1n) is 11.0. The van der Waals surface area contributed by atoms with Crippen LogP contribution in [0, 0.1) is 0 Å². The Morgan fingerprint density at radius 2 is 1.70 bits per heavy atom. The molecule has 0 aromatic rings. The second-order valence-electron chi connectivity index (χ2n) is 6.25. The number of ketones is 1.